The summed E-state index contributed by atoms with van der Waals surface area (Å²) in [5.41, 5.74) is 0.207. The highest BCUT2D eigenvalue weighted by molar-refractivity contribution is 6.18. The number of fused-ring (bicyclic) bond motifs is 3. The molecule has 256 valence electrons. The van der Waals surface area contributed by atoms with Crippen LogP contribution in [0.1, 0.15) is 60.3 Å². The molecule has 0 aromatic rings. The molecule has 0 aromatic carbocycles. The SMILES string of the molecule is COC[C@H]1O[C@H](O[C@@H]2C3=C(C(C)C)CC[C@]3(C)C=C3[C@@H](CC[C@]3(O)COC)[C@@H](C)[C@H]2O)[C@H](O)[C@H]2O[C@H]3O[C@]21O[C@@]3(C)[C@@H](O)CCl. The fourth-order valence-corrected chi connectivity index (χ4v) is 9.27. The van der Waals surface area contributed by atoms with E-state index in [9.17, 15) is 20.4 Å². The van der Waals surface area contributed by atoms with Gasteiger partial charge in [0.15, 0.2) is 12.6 Å². The van der Waals surface area contributed by atoms with E-state index in [1.165, 1.54) is 12.7 Å². The molecule has 45 heavy (non-hydrogen) atoms. The normalized spacial score (nSPS) is 49.9. The fraction of sp³-hybridized carbons (Fsp3) is 0.879. The lowest BCUT2D eigenvalue weighted by Crippen LogP contribution is -2.70. The van der Waals surface area contributed by atoms with E-state index in [-0.39, 0.29) is 36.8 Å². The summed E-state index contributed by atoms with van der Waals surface area (Å²) in [6, 6.07) is 0. The molecule has 6 rings (SSSR count). The van der Waals surface area contributed by atoms with Crippen molar-refractivity contribution in [3.05, 3.63) is 22.8 Å². The maximum absolute atomic E-state index is 12.2. The van der Waals surface area contributed by atoms with E-state index in [1.807, 2.05) is 6.92 Å². The minimum absolute atomic E-state index is 0.0275. The van der Waals surface area contributed by atoms with Crippen molar-refractivity contribution in [2.24, 2.45) is 23.2 Å². The van der Waals surface area contributed by atoms with Crippen LogP contribution >= 0.6 is 11.6 Å². The van der Waals surface area contributed by atoms with Gasteiger partial charge in [-0.15, -0.1) is 11.6 Å². The molecule has 3 aliphatic heterocycles. The van der Waals surface area contributed by atoms with Crippen molar-refractivity contribution in [1.82, 2.24) is 0 Å². The Balaban J connectivity index is 1.37. The Morgan fingerprint density at radius 1 is 1.09 bits per heavy atom. The number of ether oxygens (including phenoxy) is 7. The molecular weight excluding hydrogens is 608 g/mol. The summed E-state index contributed by atoms with van der Waals surface area (Å²) in [4.78, 5) is 0. The summed E-state index contributed by atoms with van der Waals surface area (Å²) >= 11 is 5.98. The minimum Gasteiger partial charge on any atom is -0.390 e. The molecule has 3 heterocycles. The summed E-state index contributed by atoms with van der Waals surface area (Å²) in [5.74, 6) is -1.83. The highest BCUT2D eigenvalue weighted by Crippen LogP contribution is 2.58. The number of allylic oxidation sites excluding steroid dienone is 2. The molecule has 0 amide bonds. The van der Waals surface area contributed by atoms with Crippen molar-refractivity contribution in [3.63, 3.8) is 0 Å². The summed E-state index contributed by atoms with van der Waals surface area (Å²) in [5, 5.41) is 46.3. The van der Waals surface area contributed by atoms with Crippen LogP contribution in [-0.4, -0.2) is 120 Å². The van der Waals surface area contributed by atoms with Gasteiger partial charge in [-0.2, -0.15) is 0 Å². The molecule has 12 heteroatoms. The van der Waals surface area contributed by atoms with E-state index in [0.29, 0.717) is 12.8 Å². The Morgan fingerprint density at radius 2 is 1.82 bits per heavy atom. The molecule has 4 fully saturated rings. The summed E-state index contributed by atoms with van der Waals surface area (Å²) in [7, 11) is 3.12. The number of aliphatic hydroxyl groups is 4. The van der Waals surface area contributed by atoms with Crippen molar-refractivity contribution < 1.29 is 53.6 Å². The van der Waals surface area contributed by atoms with Crippen LogP contribution in [0, 0.1) is 23.2 Å². The average molecular weight is 659 g/mol. The van der Waals surface area contributed by atoms with Crippen LogP contribution in [0.2, 0.25) is 0 Å². The van der Waals surface area contributed by atoms with Crippen LogP contribution in [0.3, 0.4) is 0 Å². The third-order valence-corrected chi connectivity index (χ3v) is 11.8. The third kappa shape index (κ3) is 5.11. The highest BCUT2D eigenvalue weighted by Gasteiger charge is 2.75. The van der Waals surface area contributed by atoms with Gasteiger partial charge < -0.3 is 53.6 Å². The zero-order chi connectivity index (χ0) is 32.7. The van der Waals surface area contributed by atoms with Gasteiger partial charge in [-0.1, -0.05) is 39.3 Å². The molecule has 0 radical (unpaired) electrons. The van der Waals surface area contributed by atoms with Crippen molar-refractivity contribution in [2.45, 2.75) is 126 Å². The quantitative estimate of drug-likeness (QED) is 0.214. The standard InChI is InChI=1S/C33H51ClO11/c1-16(2)18-8-10-30(4)12-20-19(9-11-32(20,38)15-40-7)17(3)24(36)26(23(18)30)42-28-25(37)27-33(22(41-28)14-39-6)44-29(43-27)31(5,45-33)21(35)13-34/h12,16-17,19,21-22,24-29,35-38H,8-11,13-15H2,1-7H3/t17-,19+,21+,22-,24-,25-,26-,27-,28-,29+,30-,31+,32+,33-/m1/s1. The van der Waals surface area contributed by atoms with Crippen LogP contribution in [0.5, 0.6) is 0 Å². The molecular formula is C33H51ClO11. The van der Waals surface area contributed by atoms with Crippen molar-refractivity contribution >= 4 is 11.6 Å². The van der Waals surface area contributed by atoms with Crippen molar-refractivity contribution in [2.75, 3.05) is 33.3 Å². The largest absolute Gasteiger partial charge is 0.390 e. The fourth-order valence-electron chi connectivity index (χ4n) is 8.97. The first-order valence-electron chi connectivity index (χ1n) is 16.3. The van der Waals surface area contributed by atoms with Crippen LogP contribution < -0.4 is 0 Å². The van der Waals surface area contributed by atoms with E-state index >= 15 is 0 Å². The van der Waals surface area contributed by atoms with Gasteiger partial charge in [0, 0.05) is 19.6 Å². The van der Waals surface area contributed by atoms with E-state index < -0.39 is 71.6 Å². The van der Waals surface area contributed by atoms with Crippen LogP contribution in [0.15, 0.2) is 22.8 Å². The second kappa shape index (κ2) is 12.0. The van der Waals surface area contributed by atoms with Gasteiger partial charge in [0.05, 0.1) is 25.2 Å². The second-order valence-electron chi connectivity index (χ2n) is 14.7. The Hall–Kier alpha value is -0.670. The molecule has 0 unspecified atom stereocenters. The van der Waals surface area contributed by atoms with E-state index in [1.54, 1.807) is 14.0 Å². The molecule has 14 atom stereocenters. The second-order valence-corrected chi connectivity index (χ2v) is 15.1. The predicted octanol–water partition coefficient (Wildman–Crippen LogP) is 2.41. The molecule has 4 N–H and O–H groups in total. The van der Waals surface area contributed by atoms with Crippen LogP contribution in [-0.2, 0) is 33.2 Å². The lowest BCUT2D eigenvalue weighted by Gasteiger charge is -2.51. The summed E-state index contributed by atoms with van der Waals surface area (Å²) in [6.45, 7) is 10.3. The molecule has 6 aliphatic rings. The molecule has 3 aliphatic carbocycles. The first-order chi connectivity index (χ1) is 21.2. The third-order valence-electron chi connectivity index (χ3n) is 11.6. The van der Waals surface area contributed by atoms with Crippen LogP contribution in [0.25, 0.3) is 0 Å². The number of hydrogen-bond donors (Lipinski definition) is 4. The van der Waals surface area contributed by atoms with E-state index in [2.05, 4.69) is 26.8 Å². The maximum Gasteiger partial charge on any atom is 0.230 e. The predicted molar refractivity (Wildman–Crippen MR) is 162 cm³/mol. The monoisotopic (exact) mass is 658 g/mol. The molecule has 11 nitrogen and oxygen atoms in total. The maximum atomic E-state index is 12.2. The molecule has 2 bridgehead atoms. The lowest BCUT2D eigenvalue weighted by atomic mass is 9.68. The number of aliphatic hydroxyl groups excluding tert-OH is 3. The van der Waals surface area contributed by atoms with E-state index in [0.717, 1.165) is 24.0 Å². The number of alkyl halides is 1. The molecule has 1 saturated carbocycles. The number of rotatable bonds is 9. The first-order valence-corrected chi connectivity index (χ1v) is 16.8. The van der Waals surface area contributed by atoms with Gasteiger partial charge in [0.25, 0.3) is 0 Å². The molecule has 1 spiro atoms. The Bertz CT molecular complexity index is 1200. The van der Waals surface area contributed by atoms with Gasteiger partial charge in [-0.25, -0.2) is 0 Å². The van der Waals surface area contributed by atoms with E-state index in [4.69, 9.17) is 44.8 Å². The zero-order valence-electron chi connectivity index (χ0n) is 27.4. The average Bonchev–Trinajstić information content (AvgIpc) is 3.72. The summed E-state index contributed by atoms with van der Waals surface area (Å²) < 4.78 is 42.9. The Morgan fingerprint density at radius 3 is 2.47 bits per heavy atom. The highest BCUT2D eigenvalue weighted by atomic mass is 35.5. The van der Waals surface area contributed by atoms with Crippen molar-refractivity contribution in [3.8, 4) is 0 Å². The van der Waals surface area contributed by atoms with Gasteiger partial charge in [-0.3, -0.25) is 0 Å². The topological polar surface area (TPSA) is 146 Å². The van der Waals surface area contributed by atoms with Gasteiger partial charge in [0.1, 0.15) is 41.7 Å². The summed E-state index contributed by atoms with van der Waals surface area (Å²) in [6.07, 6.45) is -3.25. The number of hydrogen-bond acceptors (Lipinski definition) is 11. The smallest absolute Gasteiger partial charge is 0.230 e. The zero-order valence-corrected chi connectivity index (χ0v) is 28.2. The van der Waals surface area contributed by atoms with Gasteiger partial charge >= 0.3 is 0 Å². The Kier molecular flexibility index (Phi) is 9.14. The first kappa shape index (κ1) is 34.2. The lowest BCUT2D eigenvalue weighted by molar-refractivity contribution is -0.389. The molecule has 3 saturated heterocycles. The Labute approximate surface area is 270 Å². The van der Waals surface area contributed by atoms with Crippen molar-refractivity contribution in [1.29, 1.82) is 0 Å². The van der Waals surface area contributed by atoms with Crippen LogP contribution in [0.4, 0.5) is 0 Å². The molecule has 0 aromatic heterocycles. The van der Waals surface area contributed by atoms with Gasteiger partial charge in [-0.05, 0) is 61.5 Å². The minimum atomic E-state index is -1.56. The number of halogens is 1. The number of methoxy groups -OCH3 is 2. The van der Waals surface area contributed by atoms with Gasteiger partial charge in [0.2, 0.25) is 5.79 Å².